The second-order valence-electron chi connectivity index (χ2n) is 5.98. The lowest BCUT2D eigenvalue weighted by molar-refractivity contribution is -0.137. The van der Waals surface area contributed by atoms with Crippen LogP contribution >= 0.6 is 0 Å². The van der Waals surface area contributed by atoms with Crippen LogP contribution in [0.2, 0.25) is 0 Å². The molecule has 1 heterocycles. The molecule has 2 aromatic rings. The first-order valence-corrected chi connectivity index (χ1v) is 7.65. The Bertz CT molecular complexity index is 730. The summed E-state index contributed by atoms with van der Waals surface area (Å²) in [5, 5.41) is 3.34. The summed E-state index contributed by atoms with van der Waals surface area (Å²) in [6.07, 6.45) is 0.728. The number of nitrogen functional groups attached to an aromatic ring is 1. The zero-order chi connectivity index (χ0) is 16.6. The molecule has 1 aromatic carbocycles. The number of aromatic amines is 1. The molecule has 1 aromatic heterocycles. The van der Waals surface area contributed by atoms with Crippen LogP contribution < -0.4 is 11.1 Å². The first-order valence-electron chi connectivity index (χ1n) is 7.65. The molecule has 1 aliphatic carbocycles. The Morgan fingerprint density at radius 2 is 1.91 bits per heavy atom. The maximum Gasteiger partial charge on any atom is 0.416 e. The summed E-state index contributed by atoms with van der Waals surface area (Å²) in [6, 6.07) is 3.34. The molecule has 0 aliphatic heterocycles. The van der Waals surface area contributed by atoms with Crippen molar-refractivity contribution >= 4 is 22.6 Å². The minimum Gasteiger partial charge on any atom is -0.385 e. The number of nitrogens with two attached hydrogens (primary N) is 1. The Morgan fingerprint density at radius 1 is 1.22 bits per heavy atom. The van der Waals surface area contributed by atoms with Crippen LogP contribution in [0.5, 0.6) is 0 Å². The van der Waals surface area contributed by atoms with Gasteiger partial charge in [-0.15, -0.1) is 0 Å². The van der Waals surface area contributed by atoms with Crippen molar-refractivity contribution in [3.8, 4) is 0 Å². The lowest BCUT2D eigenvalue weighted by Gasteiger charge is -2.22. The van der Waals surface area contributed by atoms with Gasteiger partial charge in [-0.05, 0) is 25.0 Å². The molecule has 1 saturated carbocycles. The van der Waals surface area contributed by atoms with Crippen molar-refractivity contribution in [3.63, 3.8) is 0 Å². The molecule has 23 heavy (non-hydrogen) atoms. The third-order valence-corrected chi connectivity index (χ3v) is 4.32. The quantitative estimate of drug-likeness (QED) is 0.785. The molecule has 0 atom stereocenters. The van der Waals surface area contributed by atoms with Crippen molar-refractivity contribution in [1.82, 2.24) is 10.3 Å². The fraction of sp³-hybridized carbons (Fsp3) is 0.438. The number of H-pyrrole nitrogens is 1. The molecule has 1 aliphatic rings. The highest BCUT2D eigenvalue weighted by Crippen LogP contribution is 2.33. The number of hydrogen-bond acceptors (Lipinski definition) is 2. The van der Waals surface area contributed by atoms with Crippen LogP contribution in [0.15, 0.2) is 18.2 Å². The number of alkyl halides is 3. The highest BCUT2D eigenvalue weighted by molar-refractivity contribution is 6.11. The van der Waals surface area contributed by atoms with E-state index in [-0.39, 0.29) is 28.8 Å². The molecule has 1 amide bonds. The van der Waals surface area contributed by atoms with E-state index in [1.54, 1.807) is 0 Å². The molecule has 0 unspecified atom stereocenters. The minimum absolute atomic E-state index is 0.0904. The highest BCUT2D eigenvalue weighted by Gasteiger charge is 2.31. The van der Waals surface area contributed by atoms with Gasteiger partial charge in [0, 0.05) is 16.9 Å². The van der Waals surface area contributed by atoms with Crippen LogP contribution in [0.3, 0.4) is 0 Å². The van der Waals surface area contributed by atoms with E-state index in [1.807, 2.05) is 0 Å². The van der Waals surface area contributed by atoms with Crippen LogP contribution in [0.25, 0.3) is 10.9 Å². The Labute approximate surface area is 131 Å². The zero-order valence-electron chi connectivity index (χ0n) is 12.5. The Hall–Kier alpha value is -2.18. The molecule has 124 valence electrons. The molecule has 7 heteroatoms. The predicted octanol–water partition coefficient (Wildman–Crippen LogP) is 3.83. The number of nitrogens with one attached hydrogen (secondary N) is 2. The number of amides is 1. The van der Waals surface area contributed by atoms with E-state index in [2.05, 4.69) is 10.3 Å². The van der Waals surface area contributed by atoms with Gasteiger partial charge >= 0.3 is 6.18 Å². The van der Waals surface area contributed by atoms with Crippen molar-refractivity contribution in [2.24, 2.45) is 0 Å². The molecule has 4 N–H and O–H groups in total. The fourth-order valence-corrected chi connectivity index (χ4v) is 3.14. The molecule has 3 rings (SSSR count). The van der Waals surface area contributed by atoms with E-state index >= 15 is 0 Å². The maximum atomic E-state index is 12.8. The lowest BCUT2D eigenvalue weighted by Crippen LogP contribution is -2.36. The summed E-state index contributed by atoms with van der Waals surface area (Å²) in [5.74, 6) is -0.243. The van der Waals surface area contributed by atoms with E-state index in [4.69, 9.17) is 5.73 Å². The predicted molar refractivity (Wildman–Crippen MR) is 82.1 cm³/mol. The van der Waals surface area contributed by atoms with Crippen molar-refractivity contribution < 1.29 is 18.0 Å². The van der Waals surface area contributed by atoms with Gasteiger partial charge in [-0.25, -0.2) is 0 Å². The van der Waals surface area contributed by atoms with Gasteiger partial charge in [-0.2, -0.15) is 13.2 Å². The number of aromatic nitrogens is 1. The number of rotatable bonds is 2. The first kappa shape index (κ1) is 15.7. The van der Waals surface area contributed by atoms with Crippen LogP contribution in [0.4, 0.5) is 19.0 Å². The molecule has 1 fully saturated rings. The van der Waals surface area contributed by atoms with E-state index < -0.39 is 11.7 Å². The summed E-state index contributed by atoms with van der Waals surface area (Å²) in [4.78, 5) is 15.1. The zero-order valence-corrected chi connectivity index (χ0v) is 12.5. The molecule has 0 saturated heterocycles. The topological polar surface area (TPSA) is 70.9 Å². The third-order valence-electron chi connectivity index (χ3n) is 4.32. The normalized spacial score (nSPS) is 16.7. The Balaban J connectivity index is 1.91. The summed E-state index contributed by atoms with van der Waals surface area (Å²) >= 11 is 0. The minimum atomic E-state index is -4.43. The molecular weight excluding hydrogens is 307 g/mol. The van der Waals surface area contributed by atoms with Gasteiger partial charge in [-0.1, -0.05) is 25.3 Å². The average Bonchev–Trinajstić information content (AvgIpc) is 2.82. The average molecular weight is 325 g/mol. The number of carbonyl (C=O) groups is 1. The number of benzene rings is 1. The number of carbonyl (C=O) groups excluding carboxylic acids is 1. The van der Waals surface area contributed by atoms with Crippen molar-refractivity contribution in [2.75, 3.05) is 5.73 Å². The van der Waals surface area contributed by atoms with Crippen LogP contribution in [-0.4, -0.2) is 16.9 Å². The second-order valence-corrected chi connectivity index (χ2v) is 5.98. The largest absolute Gasteiger partial charge is 0.416 e. The van der Waals surface area contributed by atoms with Gasteiger partial charge in [0.15, 0.2) is 0 Å². The second kappa shape index (κ2) is 5.79. The summed E-state index contributed by atoms with van der Waals surface area (Å²) < 4.78 is 38.3. The summed E-state index contributed by atoms with van der Waals surface area (Å²) in [6.45, 7) is 0. The van der Waals surface area contributed by atoms with E-state index in [0.29, 0.717) is 5.39 Å². The van der Waals surface area contributed by atoms with Crippen LogP contribution in [0.1, 0.15) is 48.0 Å². The van der Waals surface area contributed by atoms with Crippen LogP contribution in [-0.2, 0) is 6.18 Å². The molecular formula is C16H18F3N3O. The van der Waals surface area contributed by atoms with Crippen LogP contribution in [0, 0.1) is 0 Å². The number of fused-ring (bicyclic) bond motifs is 1. The van der Waals surface area contributed by atoms with Crippen molar-refractivity contribution in [1.29, 1.82) is 0 Å². The highest BCUT2D eigenvalue weighted by atomic mass is 19.4. The van der Waals surface area contributed by atoms with Gasteiger partial charge in [0.05, 0.1) is 11.1 Å². The molecule has 0 bridgehead atoms. The monoisotopic (exact) mass is 325 g/mol. The number of anilines is 1. The standard InChI is InChI=1S/C16H18F3N3O/c17-16(18,19)9-6-7-11-12(8-9)22-14(20)13(11)15(23)21-10-4-2-1-3-5-10/h6-8,10,22H,1-5,20H2,(H,21,23). The maximum absolute atomic E-state index is 12.8. The van der Waals surface area contributed by atoms with Crippen molar-refractivity contribution in [3.05, 3.63) is 29.3 Å². The van der Waals surface area contributed by atoms with Gasteiger partial charge in [0.25, 0.3) is 5.91 Å². The molecule has 0 spiro atoms. The summed E-state index contributed by atoms with van der Waals surface area (Å²) in [5.41, 5.74) is 5.48. The molecule has 0 radical (unpaired) electrons. The first-order chi connectivity index (χ1) is 10.9. The van der Waals surface area contributed by atoms with E-state index in [9.17, 15) is 18.0 Å². The number of halogens is 3. The van der Waals surface area contributed by atoms with Gasteiger partial charge in [0.2, 0.25) is 0 Å². The molecule has 4 nitrogen and oxygen atoms in total. The third kappa shape index (κ3) is 3.13. The van der Waals surface area contributed by atoms with Crippen molar-refractivity contribution in [2.45, 2.75) is 44.3 Å². The van der Waals surface area contributed by atoms with Gasteiger partial charge < -0.3 is 16.0 Å². The van der Waals surface area contributed by atoms with Gasteiger partial charge in [0.1, 0.15) is 5.82 Å². The Morgan fingerprint density at radius 3 is 2.57 bits per heavy atom. The van der Waals surface area contributed by atoms with Gasteiger partial charge in [-0.3, -0.25) is 4.79 Å². The SMILES string of the molecule is Nc1[nH]c2cc(C(F)(F)F)ccc2c1C(=O)NC1CCCCC1. The fourth-order valence-electron chi connectivity index (χ4n) is 3.14. The summed E-state index contributed by atoms with van der Waals surface area (Å²) in [7, 11) is 0. The van der Waals surface area contributed by atoms with E-state index in [1.165, 1.54) is 12.5 Å². The smallest absolute Gasteiger partial charge is 0.385 e. The van der Waals surface area contributed by atoms with E-state index in [0.717, 1.165) is 37.8 Å². The number of hydrogen-bond donors (Lipinski definition) is 3. The Kier molecular flexibility index (Phi) is 3.95. The lowest BCUT2D eigenvalue weighted by atomic mass is 9.95.